The van der Waals surface area contributed by atoms with Gasteiger partial charge in [0, 0.05) is 13.1 Å². The molecule has 4 heteroatoms. The number of rotatable bonds is 5. The van der Waals surface area contributed by atoms with Crippen LogP contribution in [-0.4, -0.2) is 17.4 Å². The third kappa shape index (κ3) is 3.08. The monoisotopic (exact) mass is 272 g/mol. The first kappa shape index (κ1) is 14.3. The molecule has 0 saturated heterocycles. The van der Waals surface area contributed by atoms with Crippen LogP contribution in [0.3, 0.4) is 0 Å². The van der Waals surface area contributed by atoms with Crippen LogP contribution in [0.25, 0.3) is 0 Å². The molecule has 0 aliphatic carbocycles. The maximum Gasteiger partial charge on any atom is 0.289 e. The smallest absolute Gasteiger partial charge is 0.289 e. The van der Waals surface area contributed by atoms with Gasteiger partial charge in [-0.15, -0.1) is 0 Å². The average molecular weight is 272 g/mol. The Bertz CT molecular complexity index is 590. The summed E-state index contributed by atoms with van der Waals surface area (Å²) < 4.78 is 5.43. The molecule has 2 N–H and O–H groups in total. The van der Waals surface area contributed by atoms with Gasteiger partial charge in [0.25, 0.3) is 5.91 Å². The number of hydrogen-bond donors (Lipinski definition) is 1. The van der Waals surface area contributed by atoms with Crippen molar-refractivity contribution < 1.29 is 9.21 Å². The van der Waals surface area contributed by atoms with E-state index in [0.717, 1.165) is 5.56 Å². The van der Waals surface area contributed by atoms with Gasteiger partial charge < -0.3 is 15.1 Å². The zero-order valence-electron chi connectivity index (χ0n) is 11.9. The van der Waals surface area contributed by atoms with Gasteiger partial charge in [-0.1, -0.05) is 24.3 Å². The van der Waals surface area contributed by atoms with Gasteiger partial charge >= 0.3 is 0 Å². The van der Waals surface area contributed by atoms with Gasteiger partial charge in [-0.25, -0.2) is 0 Å². The summed E-state index contributed by atoms with van der Waals surface area (Å²) in [5.74, 6) is 0.872. The summed E-state index contributed by atoms with van der Waals surface area (Å²) in [4.78, 5) is 14.2. The summed E-state index contributed by atoms with van der Waals surface area (Å²) in [7, 11) is 0. The van der Waals surface area contributed by atoms with Gasteiger partial charge in [0.2, 0.25) is 0 Å². The quantitative estimate of drug-likeness (QED) is 0.910. The number of aryl methyl sites for hydroxylation is 1. The second-order valence-electron chi connectivity index (χ2n) is 4.72. The van der Waals surface area contributed by atoms with Crippen LogP contribution in [0.1, 0.15) is 34.4 Å². The molecule has 1 aromatic carbocycles. The fourth-order valence-corrected chi connectivity index (χ4v) is 2.08. The Morgan fingerprint density at radius 2 is 2.00 bits per heavy atom. The van der Waals surface area contributed by atoms with Gasteiger partial charge in [-0.05, 0) is 37.1 Å². The second kappa shape index (κ2) is 6.39. The van der Waals surface area contributed by atoms with Gasteiger partial charge in [0.05, 0.1) is 6.54 Å². The van der Waals surface area contributed by atoms with Crippen LogP contribution in [0.15, 0.2) is 40.8 Å². The minimum absolute atomic E-state index is 0.101. The van der Waals surface area contributed by atoms with Gasteiger partial charge in [0.15, 0.2) is 5.76 Å². The molecule has 1 aromatic heterocycles. The number of amides is 1. The molecule has 1 amide bonds. The SMILES string of the molecule is CCN(Cc1ccccc1C)C(=O)c1ccc(CN)o1. The summed E-state index contributed by atoms with van der Waals surface area (Å²) in [5, 5.41) is 0. The maximum atomic E-state index is 12.4. The van der Waals surface area contributed by atoms with E-state index >= 15 is 0 Å². The molecule has 0 radical (unpaired) electrons. The zero-order valence-corrected chi connectivity index (χ0v) is 11.9. The molecule has 0 fully saturated rings. The number of benzene rings is 1. The molecule has 0 aliphatic rings. The number of furan rings is 1. The standard InChI is InChI=1S/C16H20N2O2/c1-3-18(11-13-7-5-4-6-12(13)2)16(19)15-9-8-14(10-17)20-15/h4-9H,3,10-11,17H2,1-2H3. The topological polar surface area (TPSA) is 59.5 Å². The third-order valence-corrected chi connectivity index (χ3v) is 3.37. The van der Waals surface area contributed by atoms with Crippen LogP contribution < -0.4 is 5.73 Å². The largest absolute Gasteiger partial charge is 0.455 e. The Kier molecular flexibility index (Phi) is 4.58. The maximum absolute atomic E-state index is 12.4. The lowest BCUT2D eigenvalue weighted by Gasteiger charge is -2.20. The van der Waals surface area contributed by atoms with E-state index in [4.69, 9.17) is 10.2 Å². The normalized spacial score (nSPS) is 10.6. The van der Waals surface area contributed by atoms with Gasteiger partial charge in [-0.3, -0.25) is 4.79 Å². The van der Waals surface area contributed by atoms with E-state index in [1.165, 1.54) is 5.56 Å². The first-order valence-electron chi connectivity index (χ1n) is 6.78. The lowest BCUT2D eigenvalue weighted by Crippen LogP contribution is -2.30. The number of carbonyl (C=O) groups is 1. The van der Waals surface area contributed by atoms with Crippen molar-refractivity contribution in [2.75, 3.05) is 6.54 Å². The molecule has 0 aliphatic heterocycles. The molecule has 1 heterocycles. The molecule has 0 bridgehead atoms. The van der Waals surface area contributed by atoms with Crippen molar-refractivity contribution in [1.29, 1.82) is 0 Å². The van der Waals surface area contributed by atoms with E-state index < -0.39 is 0 Å². The van der Waals surface area contributed by atoms with Crippen LogP contribution >= 0.6 is 0 Å². The highest BCUT2D eigenvalue weighted by atomic mass is 16.4. The molecule has 106 valence electrons. The molecule has 0 saturated carbocycles. The molecule has 2 rings (SSSR count). The molecule has 0 atom stereocenters. The van der Waals surface area contributed by atoms with E-state index in [1.807, 2.05) is 38.1 Å². The average Bonchev–Trinajstić information content (AvgIpc) is 2.94. The minimum Gasteiger partial charge on any atom is -0.455 e. The van der Waals surface area contributed by atoms with Crippen molar-refractivity contribution in [3.63, 3.8) is 0 Å². The molecular weight excluding hydrogens is 252 g/mol. The van der Waals surface area contributed by atoms with Crippen molar-refractivity contribution in [2.24, 2.45) is 5.73 Å². The van der Waals surface area contributed by atoms with Crippen molar-refractivity contribution in [3.8, 4) is 0 Å². The van der Waals surface area contributed by atoms with Crippen molar-refractivity contribution >= 4 is 5.91 Å². The van der Waals surface area contributed by atoms with Crippen LogP contribution in [0.2, 0.25) is 0 Å². The Hall–Kier alpha value is -2.07. The van der Waals surface area contributed by atoms with Gasteiger partial charge in [0.1, 0.15) is 5.76 Å². The van der Waals surface area contributed by atoms with E-state index in [-0.39, 0.29) is 5.91 Å². The van der Waals surface area contributed by atoms with Crippen LogP contribution in [0, 0.1) is 6.92 Å². The summed E-state index contributed by atoms with van der Waals surface area (Å²) in [6.07, 6.45) is 0. The van der Waals surface area contributed by atoms with Crippen LogP contribution in [-0.2, 0) is 13.1 Å². The first-order valence-corrected chi connectivity index (χ1v) is 6.78. The van der Waals surface area contributed by atoms with E-state index in [0.29, 0.717) is 31.2 Å². The fraction of sp³-hybridized carbons (Fsp3) is 0.312. The molecule has 0 unspecified atom stereocenters. The summed E-state index contributed by atoms with van der Waals surface area (Å²) >= 11 is 0. The molecule has 0 spiro atoms. The second-order valence-corrected chi connectivity index (χ2v) is 4.72. The number of carbonyl (C=O) groups excluding carboxylic acids is 1. The Morgan fingerprint density at radius 3 is 2.60 bits per heavy atom. The number of hydrogen-bond acceptors (Lipinski definition) is 3. The van der Waals surface area contributed by atoms with Crippen molar-refractivity contribution in [2.45, 2.75) is 26.9 Å². The highest BCUT2D eigenvalue weighted by molar-refractivity contribution is 5.91. The fourth-order valence-electron chi connectivity index (χ4n) is 2.08. The van der Waals surface area contributed by atoms with E-state index in [2.05, 4.69) is 0 Å². The summed E-state index contributed by atoms with van der Waals surface area (Å²) in [5.41, 5.74) is 7.82. The van der Waals surface area contributed by atoms with Gasteiger partial charge in [-0.2, -0.15) is 0 Å². The summed E-state index contributed by atoms with van der Waals surface area (Å²) in [6.45, 7) is 5.53. The Morgan fingerprint density at radius 1 is 1.25 bits per heavy atom. The number of nitrogens with zero attached hydrogens (tertiary/aromatic N) is 1. The lowest BCUT2D eigenvalue weighted by atomic mass is 10.1. The molecule has 4 nitrogen and oxygen atoms in total. The molecule has 2 aromatic rings. The van der Waals surface area contributed by atoms with Crippen molar-refractivity contribution in [3.05, 3.63) is 59.0 Å². The predicted octanol–water partition coefficient (Wildman–Crippen LogP) is 2.71. The number of nitrogens with two attached hydrogens (primary N) is 1. The minimum atomic E-state index is -0.101. The van der Waals surface area contributed by atoms with E-state index in [9.17, 15) is 4.79 Å². The Balaban J connectivity index is 2.15. The molecular formula is C16H20N2O2. The van der Waals surface area contributed by atoms with E-state index in [1.54, 1.807) is 17.0 Å². The van der Waals surface area contributed by atoms with Crippen LogP contribution in [0.5, 0.6) is 0 Å². The highest BCUT2D eigenvalue weighted by Crippen LogP contribution is 2.15. The predicted molar refractivity (Wildman–Crippen MR) is 78.2 cm³/mol. The van der Waals surface area contributed by atoms with Crippen LogP contribution in [0.4, 0.5) is 0 Å². The third-order valence-electron chi connectivity index (χ3n) is 3.37. The Labute approximate surface area is 119 Å². The highest BCUT2D eigenvalue weighted by Gasteiger charge is 2.18. The molecule has 20 heavy (non-hydrogen) atoms. The summed E-state index contributed by atoms with van der Waals surface area (Å²) in [6, 6.07) is 11.5. The lowest BCUT2D eigenvalue weighted by molar-refractivity contribution is 0.0718. The zero-order chi connectivity index (χ0) is 14.5. The first-order chi connectivity index (χ1) is 9.65. The van der Waals surface area contributed by atoms with Crippen molar-refractivity contribution in [1.82, 2.24) is 4.90 Å².